The van der Waals surface area contributed by atoms with Crippen molar-refractivity contribution in [2.45, 2.75) is 32.9 Å². The smallest absolute Gasteiger partial charge is 0.410 e. The highest BCUT2D eigenvalue weighted by Gasteiger charge is 2.26. The topological polar surface area (TPSA) is 100 Å². The van der Waals surface area contributed by atoms with Gasteiger partial charge in [-0.15, -0.1) is 0 Å². The van der Waals surface area contributed by atoms with Crippen LogP contribution in [0.15, 0.2) is 24.3 Å². The first-order chi connectivity index (χ1) is 12.3. The summed E-state index contributed by atoms with van der Waals surface area (Å²) in [6.07, 6.45) is -0.249. The van der Waals surface area contributed by atoms with Gasteiger partial charge >= 0.3 is 6.09 Å². The first-order valence-corrected chi connectivity index (χ1v) is 8.78. The maximum atomic E-state index is 12.1. The lowest BCUT2D eigenvalue weighted by atomic mass is 10.2. The van der Waals surface area contributed by atoms with Crippen LogP contribution in [-0.2, 0) is 11.3 Å². The molecule has 0 spiro atoms. The van der Waals surface area contributed by atoms with E-state index >= 15 is 0 Å². The van der Waals surface area contributed by atoms with E-state index in [4.69, 9.17) is 10.5 Å². The molecule has 0 unspecified atom stereocenters. The maximum absolute atomic E-state index is 12.1. The molecule has 2 aromatic rings. The van der Waals surface area contributed by atoms with E-state index in [9.17, 15) is 4.79 Å². The molecule has 1 aliphatic rings. The van der Waals surface area contributed by atoms with E-state index < -0.39 is 5.60 Å². The van der Waals surface area contributed by atoms with E-state index in [-0.39, 0.29) is 6.09 Å². The number of ether oxygens (including phenoxy) is 1. The first kappa shape index (κ1) is 18.2. The lowest BCUT2D eigenvalue weighted by Crippen LogP contribution is -2.49. The molecule has 0 saturated carbocycles. The number of nitrogens with two attached hydrogens (primary N) is 1. The fourth-order valence-electron chi connectivity index (χ4n) is 2.80. The normalized spacial score (nSPS) is 15.9. The first-order valence-electron chi connectivity index (χ1n) is 8.78. The fourth-order valence-corrected chi connectivity index (χ4v) is 2.80. The van der Waals surface area contributed by atoms with Crippen LogP contribution in [0.5, 0.6) is 0 Å². The summed E-state index contributed by atoms with van der Waals surface area (Å²) in [6.45, 7) is 9.13. The molecule has 0 atom stereocenters. The van der Waals surface area contributed by atoms with Crippen LogP contribution < -0.4 is 5.73 Å². The van der Waals surface area contributed by atoms with Crippen molar-refractivity contribution in [2.75, 3.05) is 31.9 Å². The highest BCUT2D eigenvalue weighted by atomic mass is 16.6. The number of rotatable bonds is 3. The summed E-state index contributed by atoms with van der Waals surface area (Å²) in [5.41, 5.74) is 6.92. The molecule has 0 radical (unpaired) electrons. The molecule has 8 nitrogen and oxygen atoms in total. The van der Waals surface area contributed by atoms with Gasteiger partial charge in [0, 0.05) is 37.4 Å². The predicted octanol–water partition coefficient (Wildman–Crippen LogP) is 2.11. The van der Waals surface area contributed by atoms with E-state index in [0.29, 0.717) is 31.1 Å². The van der Waals surface area contributed by atoms with Crippen molar-refractivity contribution in [2.24, 2.45) is 0 Å². The van der Waals surface area contributed by atoms with Crippen LogP contribution in [0.1, 0.15) is 26.6 Å². The Morgan fingerprint density at radius 3 is 2.65 bits per heavy atom. The molecule has 140 valence electrons. The minimum Gasteiger partial charge on any atom is -0.444 e. The number of hydrogen-bond acceptors (Lipinski definition) is 6. The zero-order valence-electron chi connectivity index (χ0n) is 15.5. The molecule has 1 saturated heterocycles. The van der Waals surface area contributed by atoms with Crippen LogP contribution in [-0.4, -0.2) is 62.9 Å². The lowest BCUT2D eigenvalue weighted by Gasteiger charge is -2.35. The van der Waals surface area contributed by atoms with Crippen molar-refractivity contribution in [3.05, 3.63) is 30.1 Å². The largest absolute Gasteiger partial charge is 0.444 e. The Morgan fingerprint density at radius 1 is 1.27 bits per heavy atom. The molecule has 8 heteroatoms. The number of aromatic amines is 1. The minimum atomic E-state index is -0.467. The average Bonchev–Trinajstić information content (AvgIpc) is 3.02. The molecule has 1 fully saturated rings. The highest BCUT2D eigenvalue weighted by Crippen LogP contribution is 2.18. The number of nitrogens with zero attached hydrogens (tertiary/aromatic N) is 4. The predicted molar refractivity (Wildman–Crippen MR) is 99.3 cm³/mol. The second-order valence-corrected chi connectivity index (χ2v) is 7.47. The highest BCUT2D eigenvalue weighted by molar-refractivity contribution is 5.68. The fraction of sp³-hybridized carbons (Fsp3) is 0.500. The number of benzene rings is 1. The van der Waals surface area contributed by atoms with Crippen molar-refractivity contribution < 1.29 is 9.53 Å². The molecule has 0 bridgehead atoms. The van der Waals surface area contributed by atoms with E-state index in [1.54, 1.807) is 4.90 Å². The zero-order valence-corrected chi connectivity index (χ0v) is 15.5. The Balaban J connectivity index is 1.53. The van der Waals surface area contributed by atoms with Gasteiger partial charge in [0.05, 0.1) is 6.54 Å². The van der Waals surface area contributed by atoms with Crippen LogP contribution in [0, 0.1) is 0 Å². The van der Waals surface area contributed by atoms with Crippen LogP contribution in [0.4, 0.5) is 10.5 Å². The summed E-state index contributed by atoms with van der Waals surface area (Å²) in [5, 5.41) is 7.26. The SMILES string of the molecule is CC(C)(C)OC(=O)N1CCN(Cc2nc(-c3cccc(N)c3)n[nH]2)CC1. The van der Waals surface area contributed by atoms with Crippen molar-refractivity contribution in [1.29, 1.82) is 0 Å². The maximum Gasteiger partial charge on any atom is 0.410 e. The average molecular weight is 358 g/mol. The van der Waals surface area contributed by atoms with Gasteiger partial charge in [-0.2, -0.15) is 5.10 Å². The summed E-state index contributed by atoms with van der Waals surface area (Å²) >= 11 is 0. The molecule has 3 N–H and O–H groups in total. The molecular weight excluding hydrogens is 332 g/mol. The van der Waals surface area contributed by atoms with Crippen molar-refractivity contribution in [3.63, 3.8) is 0 Å². The summed E-state index contributed by atoms with van der Waals surface area (Å²) in [6, 6.07) is 7.51. The second-order valence-electron chi connectivity index (χ2n) is 7.47. The number of hydrogen-bond donors (Lipinski definition) is 2. The molecule has 26 heavy (non-hydrogen) atoms. The number of H-pyrrole nitrogens is 1. The third-order valence-corrected chi connectivity index (χ3v) is 4.07. The van der Waals surface area contributed by atoms with Crippen molar-refractivity contribution in [3.8, 4) is 11.4 Å². The van der Waals surface area contributed by atoms with Gasteiger partial charge in [-0.1, -0.05) is 12.1 Å². The number of anilines is 1. The Labute approximate surface area is 153 Å². The van der Waals surface area contributed by atoms with Crippen molar-refractivity contribution in [1.82, 2.24) is 25.0 Å². The monoisotopic (exact) mass is 358 g/mol. The number of piperazine rings is 1. The third-order valence-electron chi connectivity index (χ3n) is 4.07. The summed E-state index contributed by atoms with van der Waals surface area (Å²) in [7, 11) is 0. The Hall–Kier alpha value is -2.61. The van der Waals surface area contributed by atoms with Gasteiger partial charge < -0.3 is 15.4 Å². The Morgan fingerprint density at radius 2 is 2.00 bits per heavy atom. The van der Waals surface area contributed by atoms with Gasteiger partial charge in [0.15, 0.2) is 5.82 Å². The summed E-state index contributed by atoms with van der Waals surface area (Å²) in [5.74, 6) is 1.44. The molecular formula is C18H26N6O2. The lowest BCUT2D eigenvalue weighted by molar-refractivity contribution is 0.0137. The second kappa shape index (κ2) is 7.33. The standard InChI is InChI=1S/C18H26N6O2/c1-18(2,3)26-17(25)24-9-7-23(8-10-24)12-15-20-16(22-21-15)13-5-4-6-14(19)11-13/h4-6,11H,7-10,12,19H2,1-3H3,(H,20,21,22). The van der Waals surface area contributed by atoms with Gasteiger partial charge in [-0.3, -0.25) is 10.00 Å². The molecule has 2 heterocycles. The number of nitrogen functional groups attached to an aromatic ring is 1. The van der Waals surface area contributed by atoms with E-state index in [0.717, 1.165) is 24.5 Å². The number of aromatic nitrogens is 3. The van der Waals surface area contributed by atoms with Crippen LogP contribution in [0.2, 0.25) is 0 Å². The van der Waals surface area contributed by atoms with E-state index in [2.05, 4.69) is 20.1 Å². The van der Waals surface area contributed by atoms with Crippen molar-refractivity contribution >= 4 is 11.8 Å². The van der Waals surface area contributed by atoms with Crippen LogP contribution >= 0.6 is 0 Å². The number of nitrogens with one attached hydrogen (secondary N) is 1. The molecule has 0 aliphatic carbocycles. The summed E-state index contributed by atoms with van der Waals surface area (Å²) in [4.78, 5) is 20.7. The van der Waals surface area contributed by atoms with Gasteiger partial charge in [0.2, 0.25) is 0 Å². The quantitative estimate of drug-likeness (QED) is 0.815. The van der Waals surface area contributed by atoms with E-state index in [1.807, 2.05) is 45.0 Å². The Bertz CT molecular complexity index is 759. The molecule has 1 aromatic heterocycles. The van der Waals surface area contributed by atoms with Crippen LogP contribution in [0.25, 0.3) is 11.4 Å². The molecule has 1 aliphatic heterocycles. The Kier molecular flexibility index (Phi) is 5.13. The number of carbonyl (C=O) groups excluding carboxylic acids is 1. The zero-order chi connectivity index (χ0) is 18.7. The van der Waals surface area contributed by atoms with Gasteiger partial charge in [0.25, 0.3) is 0 Å². The summed E-state index contributed by atoms with van der Waals surface area (Å²) < 4.78 is 5.42. The minimum absolute atomic E-state index is 0.249. The molecule has 1 aromatic carbocycles. The number of amides is 1. The third kappa shape index (κ3) is 4.72. The van der Waals surface area contributed by atoms with Crippen LogP contribution in [0.3, 0.4) is 0 Å². The molecule has 3 rings (SSSR count). The van der Waals surface area contributed by atoms with E-state index in [1.165, 1.54) is 0 Å². The van der Waals surface area contributed by atoms with Gasteiger partial charge in [-0.05, 0) is 32.9 Å². The van der Waals surface area contributed by atoms with Gasteiger partial charge in [-0.25, -0.2) is 9.78 Å². The van der Waals surface area contributed by atoms with Gasteiger partial charge in [0.1, 0.15) is 11.4 Å². The molecule has 1 amide bonds. The number of carbonyl (C=O) groups is 1.